The van der Waals surface area contributed by atoms with Crippen molar-refractivity contribution in [2.24, 2.45) is 0 Å². The Morgan fingerprint density at radius 3 is 2.69 bits per heavy atom. The number of hydrogen-bond acceptors (Lipinski definition) is 6. The number of carbonyl (C=O) groups is 1. The maximum Gasteiger partial charge on any atom is 0.239 e. The molecular formula is C18H23ClN4O3. The number of benzene rings is 1. The van der Waals surface area contributed by atoms with Crippen molar-refractivity contribution in [1.82, 2.24) is 15.0 Å². The van der Waals surface area contributed by atoms with Gasteiger partial charge in [0.15, 0.2) is 5.82 Å². The van der Waals surface area contributed by atoms with E-state index in [1.165, 1.54) is 0 Å². The number of hydrogen-bond donors (Lipinski definition) is 1. The molecule has 0 radical (unpaired) electrons. The van der Waals surface area contributed by atoms with Crippen LogP contribution in [0.25, 0.3) is 0 Å². The number of halogens is 1. The molecule has 1 saturated heterocycles. The average Bonchev–Trinajstić information content (AvgIpc) is 3.03. The lowest BCUT2D eigenvalue weighted by Gasteiger charge is -2.34. The molecule has 140 valence electrons. The zero-order valence-corrected chi connectivity index (χ0v) is 15.5. The van der Waals surface area contributed by atoms with E-state index in [1.807, 2.05) is 24.3 Å². The Bertz CT molecular complexity index is 729. The Morgan fingerprint density at radius 2 is 2.00 bits per heavy atom. The quantitative estimate of drug-likeness (QED) is 0.797. The molecule has 1 aromatic carbocycles. The van der Waals surface area contributed by atoms with Gasteiger partial charge in [-0.25, -0.2) is 0 Å². The number of piperazine rings is 1. The van der Waals surface area contributed by atoms with Gasteiger partial charge in [0.1, 0.15) is 18.1 Å². The van der Waals surface area contributed by atoms with E-state index in [2.05, 4.69) is 20.3 Å². The molecular weight excluding hydrogens is 356 g/mol. The monoisotopic (exact) mass is 378 g/mol. The third-order valence-corrected chi connectivity index (χ3v) is 4.54. The minimum absolute atomic E-state index is 0.0752. The molecule has 0 aliphatic carbocycles. The second kappa shape index (κ2) is 9.02. The summed E-state index contributed by atoms with van der Waals surface area (Å²) in [6.07, 6.45) is 0. The minimum Gasteiger partial charge on any atom is -0.491 e. The summed E-state index contributed by atoms with van der Waals surface area (Å²) in [6, 6.07) is 9.19. The molecule has 1 aliphatic heterocycles. The molecule has 1 aromatic heterocycles. The fourth-order valence-corrected chi connectivity index (χ4v) is 3.02. The molecule has 0 atom stereocenters. The number of para-hydroxylation sites is 1. The molecule has 1 fully saturated rings. The predicted octanol–water partition coefficient (Wildman–Crippen LogP) is 2.27. The average molecular weight is 379 g/mol. The van der Waals surface area contributed by atoms with E-state index in [0.717, 1.165) is 32.7 Å². The van der Waals surface area contributed by atoms with Crippen LogP contribution in [0.4, 0.5) is 5.82 Å². The summed E-state index contributed by atoms with van der Waals surface area (Å²) < 4.78 is 10.7. The minimum atomic E-state index is -0.0752. The highest BCUT2D eigenvalue weighted by Gasteiger charge is 2.19. The number of amides is 1. The molecule has 0 bridgehead atoms. The van der Waals surface area contributed by atoms with Gasteiger partial charge in [0.25, 0.3) is 0 Å². The first kappa shape index (κ1) is 18.7. The molecule has 7 nitrogen and oxygen atoms in total. The van der Waals surface area contributed by atoms with E-state index in [1.54, 1.807) is 13.0 Å². The second-order valence-corrected chi connectivity index (χ2v) is 6.67. The van der Waals surface area contributed by atoms with Crippen LogP contribution in [0.3, 0.4) is 0 Å². The van der Waals surface area contributed by atoms with Crippen molar-refractivity contribution in [3.05, 3.63) is 41.1 Å². The number of nitrogens with one attached hydrogen (secondary N) is 1. The lowest BCUT2D eigenvalue weighted by atomic mass is 10.3. The highest BCUT2D eigenvalue weighted by atomic mass is 35.5. The lowest BCUT2D eigenvalue weighted by Crippen LogP contribution is -2.49. The van der Waals surface area contributed by atoms with Gasteiger partial charge in [0.2, 0.25) is 5.91 Å². The second-order valence-electron chi connectivity index (χ2n) is 6.27. The largest absolute Gasteiger partial charge is 0.491 e. The SMILES string of the molecule is Cc1cc(NC(=O)CN2CCN(CCOc3ccccc3Cl)CC2)no1. The molecule has 0 unspecified atom stereocenters. The van der Waals surface area contributed by atoms with Gasteiger partial charge in [-0.3, -0.25) is 14.6 Å². The van der Waals surface area contributed by atoms with Crippen molar-refractivity contribution in [3.63, 3.8) is 0 Å². The van der Waals surface area contributed by atoms with Crippen LogP contribution < -0.4 is 10.1 Å². The Kier molecular flexibility index (Phi) is 6.49. The van der Waals surface area contributed by atoms with Gasteiger partial charge in [-0.2, -0.15) is 0 Å². The van der Waals surface area contributed by atoms with E-state index in [0.29, 0.717) is 35.5 Å². The Labute approximate surface area is 157 Å². The highest BCUT2D eigenvalue weighted by Crippen LogP contribution is 2.22. The first-order valence-electron chi connectivity index (χ1n) is 8.65. The number of nitrogens with zero attached hydrogens (tertiary/aromatic N) is 3. The van der Waals surface area contributed by atoms with Crippen LogP contribution in [0.1, 0.15) is 5.76 Å². The zero-order valence-electron chi connectivity index (χ0n) is 14.8. The third kappa shape index (κ3) is 5.45. The van der Waals surface area contributed by atoms with E-state index < -0.39 is 0 Å². The number of anilines is 1. The summed E-state index contributed by atoms with van der Waals surface area (Å²) in [5, 5.41) is 7.15. The number of carbonyl (C=O) groups excluding carboxylic acids is 1. The summed E-state index contributed by atoms with van der Waals surface area (Å²) in [6.45, 7) is 7.07. The smallest absolute Gasteiger partial charge is 0.239 e. The van der Waals surface area contributed by atoms with Crippen molar-refractivity contribution in [3.8, 4) is 5.75 Å². The van der Waals surface area contributed by atoms with E-state index in [9.17, 15) is 4.79 Å². The maximum absolute atomic E-state index is 12.1. The number of aromatic nitrogens is 1. The maximum atomic E-state index is 12.1. The standard InChI is InChI=1S/C18H23ClN4O3/c1-14-12-17(21-26-14)20-18(24)13-23-8-6-22(7-9-23)10-11-25-16-5-3-2-4-15(16)19/h2-5,12H,6-11,13H2,1H3,(H,20,21,24). The van der Waals surface area contributed by atoms with Crippen LogP contribution in [0.15, 0.2) is 34.9 Å². The van der Waals surface area contributed by atoms with Crippen LogP contribution in [-0.4, -0.2) is 66.7 Å². The normalized spacial score (nSPS) is 15.8. The van der Waals surface area contributed by atoms with E-state index >= 15 is 0 Å². The zero-order chi connectivity index (χ0) is 18.4. The van der Waals surface area contributed by atoms with Crippen LogP contribution in [0.2, 0.25) is 5.02 Å². The predicted molar refractivity (Wildman–Crippen MR) is 99.7 cm³/mol. The summed E-state index contributed by atoms with van der Waals surface area (Å²) in [5.41, 5.74) is 0. The topological polar surface area (TPSA) is 70.8 Å². The Hall–Kier alpha value is -2.09. The molecule has 0 saturated carbocycles. The number of rotatable bonds is 7. The molecule has 2 heterocycles. The number of aryl methyl sites for hydroxylation is 1. The lowest BCUT2D eigenvalue weighted by molar-refractivity contribution is -0.117. The Balaban J connectivity index is 1.33. The van der Waals surface area contributed by atoms with Gasteiger partial charge < -0.3 is 14.6 Å². The molecule has 3 rings (SSSR count). The van der Waals surface area contributed by atoms with Crippen LogP contribution in [0.5, 0.6) is 5.75 Å². The molecule has 26 heavy (non-hydrogen) atoms. The first-order valence-corrected chi connectivity index (χ1v) is 9.03. The van der Waals surface area contributed by atoms with Crippen molar-refractivity contribution < 1.29 is 14.1 Å². The molecule has 8 heteroatoms. The van der Waals surface area contributed by atoms with Crippen molar-refractivity contribution in [2.75, 3.05) is 51.2 Å². The summed E-state index contributed by atoms with van der Waals surface area (Å²) >= 11 is 6.08. The molecule has 0 spiro atoms. The molecule has 2 aromatic rings. The van der Waals surface area contributed by atoms with Gasteiger partial charge in [-0.1, -0.05) is 28.9 Å². The fraction of sp³-hybridized carbons (Fsp3) is 0.444. The first-order chi connectivity index (χ1) is 12.6. The molecule has 1 N–H and O–H groups in total. The van der Waals surface area contributed by atoms with Gasteiger partial charge in [0, 0.05) is 38.8 Å². The van der Waals surface area contributed by atoms with Gasteiger partial charge in [0.05, 0.1) is 11.6 Å². The summed E-state index contributed by atoms with van der Waals surface area (Å²) in [5.74, 6) is 1.78. The molecule has 1 amide bonds. The summed E-state index contributed by atoms with van der Waals surface area (Å²) in [4.78, 5) is 16.5. The van der Waals surface area contributed by atoms with Crippen LogP contribution in [-0.2, 0) is 4.79 Å². The van der Waals surface area contributed by atoms with Crippen molar-refractivity contribution in [2.45, 2.75) is 6.92 Å². The van der Waals surface area contributed by atoms with Crippen molar-refractivity contribution in [1.29, 1.82) is 0 Å². The van der Waals surface area contributed by atoms with Crippen LogP contribution in [0, 0.1) is 6.92 Å². The van der Waals surface area contributed by atoms with E-state index in [4.69, 9.17) is 20.9 Å². The summed E-state index contributed by atoms with van der Waals surface area (Å²) in [7, 11) is 0. The van der Waals surface area contributed by atoms with Gasteiger partial charge >= 0.3 is 0 Å². The van der Waals surface area contributed by atoms with Crippen LogP contribution >= 0.6 is 11.6 Å². The highest BCUT2D eigenvalue weighted by molar-refractivity contribution is 6.32. The van der Waals surface area contributed by atoms with Gasteiger partial charge in [-0.05, 0) is 19.1 Å². The van der Waals surface area contributed by atoms with Crippen molar-refractivity contribution >= 4 is 23.3 Å². The van der Waals surface area contributed by atoms with Gasteiger partial charge in [-0.15, -0.1) is 0 Å². The fourth-order valence-electron chi connectivity index (χ4n) is 2.83. The number of ether oxygens (including phenoxy) is 1. The Morgan fingerprint density at radius 1 is 1.27 bits per heavy atom. The molecule has 1 aliphatic rings. The van der Waals surface area contributed by atoms with E-state index in [-0.39, 0.29) is 5.91 Å². The third-order valence-electron chi connectivity index (χ3n) is 4.23.